The van der Waals surface area contributed by atoms with Gasteiger partial charge in [-0.15, -0.1) is 0 Å². The van der Waals surface area contributed by atoms with Gasteiger partial charge in [0, 0.05) is 9.13 Å². The molecule has 0 aliphatic heterocycles. The van der Waals surface area contributed by atoms with Crippen molar-refractivity contribution in [2.45, 2.75) is 33.2 Å². The van der Waals surface area contributed by atoms with Gasteiger partial charge in [0.25, 0.3) is 5.91 Å². The van der Waals surface area contributed by atoms with Crippen molar-refractivity contribution >= 4 is 34.5 Å². The first-order valence-electron chi connectivity index (χ1n) is 5.89. The SMILES string of the molecule is CC(C)(NC(=O)c1cccc(I)c1)C(C)(C)C(=O)O. The molecular formula is C14H18INO3. The van der Waals surface area contributed by atoms with Gasteiger partial charge in [-0.3, -0.25) is 9.59 Å². The lowest BCUT2D eigenvalue weighted by Crippen LogP contribution is -2.56. The minimum Gasteiger partial charge on any atom is -0.481 e. The van der Waals surface area contributed by atoms with Gasteiger partial charge in [-0.25, -0.2) is 0 Å². The fourth-order valence-electron chi connectivity index (χ4n) is 1.41. The summed E-state index contributed by atoms with van der Waals surface area (Å²) in [6.45, 7) is 6.63. The van der Waals surface area contributed by atoms with Crippen LogP contribution in [-0.2, 0) is 4.79 Å². The highest BCUT2D eigenvalue weighted by atomic mass is 127. The molecule has 5 heteroatoms. The molecule has 19 heavy (non-hydrogen) atoms. The molecule has 4 nitrogen and oxygen atoms in total. The van der Waals surface area contributed by atoms with Crippen LogP contribution in [0.3, 0.4) is 0 Å². The first kappa shape index (κ1) is 15.9. The molecule has 0 spiro atoms. The van der Waals surface area contributed by atoms with Gasteiger partial charge < -0.3 is 10.4 Å². The van der Waals surface area contributed by atoms with Crippen molar-refractivity contribution in [3.05, 3.63) is 33.4 Å². The smallest absolute Gasteiger partial charge is 0.311 e. The lowest BCUT2D eigenvalue weighted by Gasteiger charge is -2.38. The van der Waals surface area contributed by atoms with E-state index in [0.29, 0.717) is 5.56 Å². The number of carbonyl (C=O) groups is 2. The summed E-state index contributed by atoms with van der Waals surface area (Å²) in [7, 11) is 0. The van der Waals surface area contributed by atoms with E-state index in [1.165, 1.54) is 0 Å². The van der Waals surface area contributed by atoms with Crippen molar-refractivity contribution < 1.29 is 14.7 Å². The number of carboxylic acid groups (broad SMARTS) is 1. The number of carboxylic acids is 1. The lowest BCUT2D eigenvalue weighted by molar-refractivity contribution is -0.150. The van der Waals surface area contributed by atoms with Crippen LogP contribution >= 0.6 is 22.6 Å². The number of amides is 1. The minimum atomic E-state index is -1.06. The van der Waals surface area contributed by atoms with Gasteiger partial charge in [0.15, 0.2) is 0 Å². The lowest BCUT2D eigenvalue weighted by atomic mass is 9.74. The van der Waals surface area contributed by atoms with Crippen LogP contribution in [-0.4, -0.2) is 22.5 Å². The fraction of sp³-hybridized carbons (Fsp3) is 0.429. The van der Waals surface area contributed by atoms with Crippen molar-refractivity contribution in [1.82, 2.24) is 5.32 Å². The highest BCUT2D eigenvalue weighted by Gasteiger charge is 2.44. The molecule has 0 aliphatic carbocycles. The van der Waals surface area contributed by atoms with Gasteiger partial charge in [-0.2, -0.15) is 0 Å². The Bertz CT molecular complexity index is 509. The molecule has 0 saturated carbocycles. The molecule has 0 unspecified atom stereocenters. The van der Waals surface area contributed by atoms with E-state index in [4.69, 9.17) is 0 Å². The molecule has 1 aromatic rings. The summed E-state index contributed by atoms with van der Waals surface area (Å²) in [6, 6.07) is 7.16. The third kappa shape index (κ3) is 3.46. The van der Waals surface area contributed by atoms with Crippen molar-refractivity contribution in [3.63, 3.8) is 0 Å². The van der Waals surface area contributed by atoms with Crippen LogP contribution in [0.5, 0.6) is 0 Å². The predicted molar refractivity (Wildman–Crippen MR) is 82.1 cm³/mol. The van der Waals surface area contributed by atoms with E-state index >= 15 is 0 Å². The maximum Gasteiger partial charge on any atom is 0.311 e. The van der Waals surface area contributed by atoms with Gasteiger partial charge in [0.1, 0.15) is 0 Å². The summed E-state index contributed by atoms with van der Waals surface area (Å²) >= 11 is 2.13. The Hall–Kier alpha value is -1.11. The number of hydrogen-bond acceptors (Lipinski definition) is 2. The molecule has 1 rings (SSSR count). The topological polar surface area (TPSA) is 66.4 Å². The van der Waals surface area contributed by atoms with Gasteiger partial charge in [0.2, 0.25) is 0 Å². The quantitative estimate of drug-likeness (QED) is 0.796. The zero-order valence-electron chi connectivity index (χ0n) is 11.5. The highest BCUT2D eigenvalue weighted by molar-refractivity contribution is 14.1. The molecule has 0 heterocycles. The number of nitrogens with one attached hydrogen (secondary N) is 1. The average Bonchev–Trinajstić information content (AvgIpc) is 2.27. The molecule has 0 fully saturated rings. The molecular weight excluding hydrogens is 357 g/mol. The van der Waals surface area contributed by atoms with E-state index in [-0.39, 0.29) is 5.91 Å². The van der Waals surface area contributed by atoms with Crippen molar-refractivity contribution in [2.75, 3.05) is 0 Å². The number of rotatable bonds is 4. The summed E-state index contributed by atoms with van der Waals surface area (Å²) < 4.78 is 0.959. The van der Waals surface area contributed by atoms with Gasteiger partial charge >= 0.3 is 5.97 Å². The number of carbonyl (C=O) groups excluding carboxylic acids is 1. The summed E-state index contributed by atoms with van der Waals surface area (Å²) in [5.74, 6) is -1.21. The highest BCUT2D eigenvalue weighted by Crippen LogP contribution is 2.31. The van der Waals surface area contributed by atoms with Crippen molar-refractivity contribution in [3.8, 4) is 0 Å². The molecule has 0 aliphatic rings. The number of halogens is 1. The Morgan fingerprint density at radius 3 is 2.26 bits per heavy atom. The zero-order valence-corrected chi connectivity index (χ0v) is 13.6. The van der Waals surface area contributed by atoms with Crippen LogP contribution in [0.2, 0.25) is 0 Å². The molecule has 1 amide bonds. The Balaban J connectivity index is 2.96. The summed E-state index contributed by atoms with van der Waals surface area (Å²) in [5.41, 5.74) is -1.40. The minimum absolute atomic E-state index is 0.266. The molecule has 0 aromatic heterocycles. The summed E-state index contributed by atoms with van der Waals surface area (Å²) in [6.07, 6.45) is 0. The number of hydrogen-bond donors (Lipinski definition) is 2. The van der Waals surface area contributed by atoms with Crippen LogP contribution in [0.1, 0.15) is 38.1 Å². The molecule has 1 aromatic carbocycles. The fourth-order valence-corrected chi connectivity index (χ4v) is 1.95. The normalized spacial score (nSPS) is 12.1. The number of aliphatic carboxylic acids is 1. The Kier molecular flexibility index (Phi) is 4.60. The van der Waals surface area contributed by atoms with E-state index in [9.17, 15) is 14.7 Å². The van der Waals surface area contributed by atoms with Crippen LogP contribution in [0.15, 0.2) is 24.3 Å². The number of benzene rings is 1. The van der Waals surface area contributed by atoms with Gasteiger partial charge in [0.05, 0.1) is 11.0 Å². The first-order chi connectivity index (χ1) is 8.58. The van der Waals surface area contributed by atoms with E-state index in [1.807, 2.05) is 6.07 Å². The van der Waals surface area contributed by atoms with Crippen LogP contribution < -0.4 is 5.32 Å². The van der Waals surface area contributed by atoms with Crippen molar-refractivity contribution in [1.29, 1.82) is 0 Å². The second kappa shape index (κ2) is 5.48. The molecule has 2 N–H and O–H groups in total. The third-order valence-corrected chi connectivity index (χ3v) is 4.28. The van der Waals surface area contributed by atoms with E-state index in [2.05, 4.69) is 27.9 Å². The molecule has 0 bridgehead atoms. The van der Waals surface area contributed by atoms with E-state index in [1.54, 1.807) is 45.9 Å². The first-order valence-corrected chi connectivity index (χ1v) is 6.97. The second-order valence-electron chi connectivity index (χ2n) is 5.52. The average molecular weight is 375 g/mol. The van der Waals surface area contributed by atoms with Gasteiger partial charge in [-0.1, -0.05) is 6.07 Å². The largest absolute Gasteiger partial charge is 0.481 e. The molecule has 104 valence electrons. The van der Waals surface area contributed by atoms with E-state index in [0.717, 1.165) is 3.57 Å². The Morgan fingerprint density at radius 1 is 1.21 bits per heavy atom. The monoisotopic (exact) mass is 375 g/mol. The molecule has 0 radical (unpaired) electrons. The zero-order chi connectivity index (χ0) is 14.8. The van der Waals surface area contributed by atoms with Crippen molar-refractivity contribution in [2.24, 2.45) is 5.41 Å². The maximum atomic E-state index is 12.2. The standard InChI is InChI=1S/C14H18INO3/c1-13(2,12(18)19)14(3,4)16-11(17)9-6-5-7-10(15)8-9/h5-8H,1-4H3,(H,16,17)(H,18,19). The molecule has 0 saturated heterocycles. The summed E-state index contributed by atoms with van der Waals surface area (Å²) in [5, 5.41) is 12.1. The van der Waals surface area contributed by atoms with E-state index < -0.39 is 16.9 Å². The maximum absolute atomic E-state index is 12.2. The second-order valence-corrected chi connectivity index (χ2v) is 6.77. The van der Waals surface area contributed by atoms with Crippen LogP contribution in [0.4, 0.5) is 0 Å². The Labute approximate surface area is 126 Å². The predicted octanol–water partition coefficient (Wildman–Crippen LogP) is 2.91. The van der Waals surface area contributed by atoms with Gasteiger partial charge in [-0.05, 0) is 68.5 Å². The summed E-state index contributed by atoms with van der Waals surface area (Å²) in [4.78, 5) is 23.5. The molecule has 0 atom stereocenters. The van der Waals surface area contributed by atoms with Crippen LogP contribution in [0, 0.1) is 8.99 Å². The van der Waals surface area contributed by atoms with Crippen LogP contribution in [0.25, 0.3) is 0 Å². The Morgan fingerprint density at radius 2 is 1.79 bits per heavy atom. The third-order valence-electron chi connectivity index (χ3n) is 3.61.